The molecule has 2 heterocycles. The third kappa shape index (κ3) is 2.99. The van der Waals surface area contributed by atoms with Crippen LogP contribution in [0.15, 0.2) is 18.2 Å². The van der Waals surface area contributed by atoms with Crippen LogP contribution in [-0.2, 0) is 22.7 Å². The normalized spacial score (nSPS) is 33.3. The molecule has 2 aliphatic heterocycles. The van der Waals surface area contributed by atoms with Crippen LogP contribution < -0.4 is 16.4 Å². The molecule has 2 saturated carbocycles. The van der Waals surface area contributed by atoms with E-state index >= 15 is 0 Å². The number of carbonyl (C=O) groups excluding carboxylic acids is 3. The molecule has 154 valence electrons. The van der Waals surface area contributed by atoms with E-state index in [2.05, 4.69) is 16.7 Å². The first kappa shape index (κ1) is 18.8. The number of nitrogens with one attached hydrogen (secondary N) is 2. The van der Waals surface area contributed by atoms with Crippen LogP contribution in [0, 0.1) is 11.8 Å². The Kier molecular flexibility index (Phi) is 4.47. The van der Waals surface area contributed by atoms with Gasteiger partial charge in [-0.25, -0.2) is 0 Å². The van der Waals surface area contributed by atoms with Crippen LogP contribution in [0.1, 0.15) is 60.0 Å². The van der Waals surface area contributed by atoms with Gasteiger partial charge in [-0.05, 0) is 54.7 Å². The number of carbonyl (C=O) groups is 3. The second kappa shape index (κ2) is 6.92. The molecule has 1 aromatic carbocycles. The third-order valence-electron chi connectivity index (χ3n) is 7.65. The van der Waals surface area contributed by atoms with Crippen LogP contribution in [-0.4, -0.2) is 40.7 Å². The molecule has 1 aromatic rings. The summed E-state index contributed by atoms with van der Waals surface area (Å²) in [5.41, 5.74) is 8.97. The first-order chi connectivity index (χ1) is 14.0. The number of nitrogens with two attached hydrogens (primary N) is 1. The van der Waals surface area contributed by atoms with Crippen LogP contribution in [0.5, 0.6) is 0 Å². The van der Waals surface area contributed by atoms with Gasteiger partial charge in [0.1, 0.15) is 6.04 Å². The summed E-state index contributed by atoms with van der Waals surface area (Å²) in [5, 5.41) is 6.13. The van der Waals surface area contributed by atoms with Gasteiger partial charge in [0.15, 0.2) is 0 Å². The number of piperidine rings is 1. The predicted molar refractivity (Wildman–Crippen MR) is 107 cm³/mol. The number of rotatable bonds is 5. The molecule has 2 aliphatic carbocycles. The van der Waals surface area contributed by atoms with Gasteiger partial charge in [0.25, 0.3) is 5.91 Å². The zero-order valence-corrected chi connectivity index (χ0v) is 16.6. The highest BCUT2D eigenvalue weighted by Crippen LogP contribution is 2.50. The maximum absolute atomic E-state index is 13.0. The molecule has 4 unspecified atom stereocenters. The van der Waals surface area contributed by atoms with Crippen molar-refractivity contribution in [3.63, 3.8) is 0 Å². The molecule has 3 fully saturated rings. The molecule has 4 N–H and O–H groups in total. The van der Waals surface area contributed by atoms with Crippen molar-refractivity contribution in [1.82, 2.24) is 15.5 Å². The van der Waals surface area contributed by atoms with Crippen molar-refractivity contribution in [2.75, 3.05) is 6.54 Å². The molecule has 29 heavy (non-hydrogen) atoms. The number of fused-ring (bicyclic) bond motifs is 3. The quantitative estimate of drug-likeness (QED) is 0.646. The SMILES string of the molecule is NCC1(NCc2cccc3c2CN(C2CCC(=O)NC2=O)C3=O)CC2CCC1C2. The Balaban J connectivity index is 1.34. The van der Waals surface area contributed by atoms with Crippen LogP contribution >= 0.6 is 0 Å². The van der Waals surface area contributed by atoms with Crippen molar-refractivity contribution < 1.29 is 14.4 Å². The van der Waals surface area contributed by atoms with Crippen LogP contribution in [0.4, 0.5) is 0 Å². The first-order valence-corrected chi connectivity index (χ1v) is 10.7. The molecule has 0 radical (unpaired) electrons. The average Bonchev–Trinajstić information content (AvgIpc) is 3.41. The van der Waals surface area contributed by atoms with E-state index in [-0.39, 0.29) is 29.7 Å². The Morgan fingerprint density at radius 3 is 2.76 bits per heavy atom. The van der Waals surface area contributed by atoms with Gasteiger partial charge in [0.05, 0.1) is 0 Å². The first-order valence-electron chi connectivity index (χ1n) is 10.7. The molecule has 7 heteroatoms. The van der Waals surface area contributed by atoms with E-state index in [4.69, 9.17) is 5.73 Å². The van der Waals surface area contributed by atoms with Crippen LogP contribution in [0.3, 0.4) is 0 Å². The summed E-state index contributed by atoms with van der Waals surface area (Å²) in [6.45, 7) is 1.74. The van der Waals surface area contributed by atoms with Gasteiger partial charge in [0.2, 0.25) is 11.8 Å². The van der Waals surface area contributed by atoms with E-state index in [0.717, 1.165) is 23.5 Å². The van der Waals surface area contributed by atoms with E-state index in [9.17, 15) is 14.4 Å². The van der Waals surface area contributed by atoms with Crippen LogP contribution in [0.25, 0.3) is 0 Å². The van der Waals surface area contributed by atoms with E-state index in [1.54, 1.807) is 4.90 Å². The Bertz CT molecular complexity index is 885. The zero-order chi connectivity index (χ0) is 20.2. The minimum atomic E-state index is -0.575. The van der Waals surface area contributed by atoms with Gasteiger partial charge in [-0.15, -0.1) is 0 Å². The summed E-state index contributed by atoms with van der Waals surface area (Å²) in [4.78, 5) is 38.3. The summed E-state index contributed by atoms with van der Waals surface area (Å²) in [7, 11) is 0. The molecule has 3 amide bonds. The summed E-state index contributed by atoms with van der Waals surface area (Å²) in [6, 6.07) is 5.24. The highest BCUT2D eigenvalue weighted by Gasteiger charge is 2.50. The molecule has 0 aromatic heterocycles. The molecule has 5 rings (SSSR count). The maximum Gasteiger partial charge on any atom is 0.255 e. The van der Waals surface area contributed by atoms with E-state index in [1.807, 2.05) is 12.1 Å². The van der Waals surface area contributed by atoms with Gasteiger partial charge >= 0.3 is 0 Å². The lowest BCUT2D eigenvalue weighted by Crippen LogP contribution is -2.54. The number of hydrogen-bond donors (Lipinski definition) is 3. The van der Waals surface area contributed by atoms with Crippen molar-refractivity contribution in [1.29, 1.82) is 0 Å². The van der Waals surface area contributed by atoms with E-state index in [1.165, 1.54) is 19.3 Å². The van der Waals surface area contributed by atoms with Crippen molar-refractivity contribution in [2.24, 2.45) is 17.6 Å². The van der Waals surface area contributed by atoms with Gasteiger partial charge in [-0.3, -0.25) is 19.7 Å². The highest BCUT2D eigenvalue weighted by atomic mass is 16.2. The fraction of sp³-hybridized carbons (Fsp3) is 0.591. The summed E-state index contributed by atoms with van der Waals surface area (Å²) in [5.74, 6) is 0.687. The van der Waals surface area contributed by atoms with Crippen molar-refractivity contribution in [3.05, 3.63) is 34.9 Å². The lowest BCUT2D eigenvalue weighted by Gasteiger charge is -2.38. The van der Waals surface area contributed by atoms with Gasteiger partial charge in [-0.1, -0.05) is 18.6 Å². The molecule has 2 bridgehead atoms. The summed E-state index contributed by atoms with van der Waals surface area (Å²) < 4.78 is 0. The van der Waals surface area contributed by atoms with Gasteiger partial charge in [0, 0.05) is 37.2 Å². The zero-order valence-electron chi connectivity index (χ0n) is 16.6. The standard InChI is InChI=1S/C22H28N4O3/c23-12-22(9-13-4-5-15(22)8-13)24-10-14-2-1-3-16-17(14)11-26(21(16)29)18-6-7-19(27)25-20(18)28/h1-3,13,15,18,24H,4-12,23H2,(H,25,27,28). The monoisotopic (exact) mass is 396 g/mol. The minimum Gasteiger partial charge on any atom is -0.329 e. The largest absolute Gasteiger partial charge is 0.329 e. The fourth-order valence-electron chi connectivity index (χ4n) is 6.07. The summed E-state index contributed by atoms with van der Waals surface area (Å²) >= 11 is 0. The second-order valence-corrected chi connectivity index (χ2v) is 9.14. The van der Waals surface area contributed by atoms with Crippen LogP contribution in [0.2, 0.25) is 0 Å². The number of benzene rings is 1. The Hall–Kier alpha value is -2.25. The molecule has 4 atom stereocenters. The van der Waals surface area contributed by atoms with Crippen molar-refractivity contribution >= 4 is 17.7 Å². The molecule has 7 nitrogen and oxygen atoms in total. The van der Waals surface area contributed by atoms with Gasteiger partial charge in [-0.2, -0.15) is 0 Å². The molecule has 0 spiro atoms. The predicted octanol–water partition coefficient (Wildman–Crippen LogP) is 1.05. The second-order valence-electron chi connectivity index (χ2n) is 9.14. The Morgan fingerprint density at radius 1 is 1.21 bits per heavy atom. The van der Waals surface area contributed by atoms with Crippen molar-refractivity contribution in [3.8, 4) is 0 Å². The number of imide groups is 1. The van der Waals surface area contributed by atoms with Crippen molar-refractivity contribution in [2.45, 2.75) is 63.2 Å². The number of hydrogen-bond acceptors (Lipinski definition) is 5. The fourth-order valence-corrected chi connectivity index (χ4v) is 6.07. The molecule has 4 aliphatic rings. The smallest absolute Gasteiger partial charge is 0.255 e. The van der Waals surface area contributed by atoms with E-state index < -0.39 is 6.04 Å². The summed E-state index contributed by atoms with van der Waals surface area (Å²) in [6.07, 6.45) is 5.65. The molecule has 1 saturated heterocycles. The molecular weight excluding hydrogens is 368 g/mol. The lowest BCUT2D eigenvalue weighted by molar-refractivity contribution is -0.136. The Labute approximate surface area is 170 Å². The number of amides is 3. The minimum absolute atomic E-state index is 0.0115. The van der Waals surface area contributed by atoms with E-state index in [0.29, 0.717) is 37.5 Å². The van der Waals surface area contributed by atoms with Gasteiger partial charge < -0.3 is 16.0 Å². The third-order valence-corrected chi connectivity index (χ3v) is 7.65. The highest BCUT2D eigenvalue weighted by molar-refractivity contribution is 6.05. The lowest BCUT2D eigenvalue weighted by atomic mass is 9.80. The topological polar surface area (TPSA) is 105 Å². The number of nitrogens with zero attached hydrogens (tertiary/aromatic N) is 1. The molecular formula is C22H28N4O3. The average molecular weight is 396 g/mol. The maximum atomic E-state index is 13.0. The Morgan fingerprint density at radius 2 is 2.07 bits per heavy atom.